The van der Waals surface area contributed by atoms with Gasteiger partial charge in [0.1, 0.15) is 5.44 Å². The first-order chi connectivity index (χ1) is 9.72. The topological polar surface area (TPSA) is 27.1 Å². The molecule has 0 aliphatic carbocycles. The first-order valence-corrected chi connectivity index (χ1v) is 8.13. The molecule has 3 nitrogen and oxygen atoms in total. The lowest BCUT2D eigenvalue weighted by Gasteiger charge is -2.11. The zero-order valence-corrected chi connectivity index (χ0v) is 12.7. The standard InChI is InChI=1S/C16H20N2OS/c1-12-10-16(19-13(12)2)20-11-14-4-6-15(7-5-14)18-9-3-8-17-18/h3-9,12-13,16H,10-11H2,1-2H3/t12-,13+,16?/m1/s1. The minimum absolute atomic E-state index is 0.353. The lowest BCUT2D eigenvalue weighted by Crippen LogP contribution is -2.07. The Morgan fingerprint density at radius 2 is 2.10 bits per heavy atom. The Hall–Kier alpha value is -1.26. The van der Waals surface area contributed by atoms with Crippen LogP contribution in [0, 0.1) is 5.92 Å². The van der Waals surface area contributed by atoms with Gasteiger partial charge in [-0.25, -0.2) is 4.68 Å². The number of aromatic nitrogens is 2. The van der Waals surface area contributed by atoms with E-state index in [1.165, 1.54) is 5.56 Å². The van der Waals surface area contributed by atoms with Gasteiger partial charge in [0.15, 0.2) is 0 Å². The van der Waals surface area contributed by atoms with Crippen molar-refractivity contribution in [1.82, 2.24) is 9.78 Å². The van der Waals surface area contributed by atoms with Gasteiger partial charge in [-0.1, -0.05) is 19.1 Å². The van der Waals surface area contributed by atoms with Crippen molar-refractivity contribution in [3.8, 4) is 5.69 Å². The van der Waals surface area contributed by atoms with Crippen LogP contribution in [0.4, 0.5) is 0 Å². The van der Waals surface area contributed by atoms with E-state index in [0.29, 0.717) is 17.5 Å². The smallest absolute Gasteiger partial charge is 0.104 e. The highest BCUT2D eigenvalue weighted by atomic mass is 32.2. The molecule has 0 saturated carbocycles. The van der Waals surface area contributed by atoms with Crippen molar-refractivity contribution in [3.05, 3.63) is 48.3 Å². The van der Waals surface area contributed by atoms with E-state index in [0.717, 1.165) is 17.9 Å². The van der Waals surface area contributed by atoms with Crippen molar-refractivity contribution >= 4 is 11.8 Å². The van der Waals surface area contributed by atoms with Crippen molar-refractivity contribution in [1.29, 1.82) is 0 Å². The molecule has 106 valence electrons. The van der Waals surface area contributed by atoms with Crippen molar-refractivity contribution < 1.29 is 4.74 Å². The maximum Gasteiger partial charge on any atom is 0.104 e. The summed E-state index contributed by atoms with van der Waals surface area (Å²) in [5.41, 5.74) is 2.79. The van der Waals surface area contributed by atoms with Crippen LogP contribution in [0.15, 0.2) is 42.7 Å². The summed E-state index contributed by atoms with van der Waals surface area (Å²) in [6, 6.07) is 10.5. The molecule has 1 unspecified atom stereocenters. The summed E-state index contributed by atoms with van der Waals surface area (Å²) in [7, 11) is 0. The molecule has 1 aliphatic rings. The zero-order chi connectivity index (χ0) is 13.9. The monoisotopic (exact) mass is 288 g/mol. The summed E-state index contributed by atoms with van der Waals surface area (Å²) >= 11 is 1.90. The second-order valence-electron chi connectivity index (χ2n) is 5.41. The van der Waals surface area contributed by atoms with Crippen LogP contribution in [0.1, 0.15) is 25.8 Å². The number of ether oxygens (including phenoxy) is 1. The van der Waals surface area contributed by atoms with Crippen LogP contribution in [0.3, 0.4) is 0 Å². The summed E-state index contributed by atoms with van der Waals surface area (Å²) < 4.78 is 7.80. The first-order valence-electron chi connectivity index (χ1n) is 7.08. The van der Waals surface area contributed by atoms with Crippen LogP contribution >= 0.6 is 11.8 Å². The molecule has 0 N–H and O–H groups in total. The van der Waals surface area contributed by atoms with Crippen LogP contribution in [0.5, 0.6) is 0 Å². The molecule has 3 atom stereocenters. The van der Waals surface area contributed by atoms with Crippen LogP contribution in [0.25, 0.3) is 5.69 Å². The molecule has 1 aromatic heterocycles. The second kappa shape index (κ2) is 6.02. The third kappa shape index (κ3) is 3.07. The number of hydrogen-bond donors (Lipinski definition) is 0. The minimum atomic E-state index is 0.353. The lowest BCUT2D eigenvalue weighted by atomic mass is 10.1. The summed E-state index contributed by atoms with van der Waals surface area (Å²) in [6.07, 6.45) is 5.31. The Labute approximate surface area is 124 Å². The molecule has 20 heavy (non-hydrogen) atoms. The largest absolute Gasteiger partial charge is 0.364 e. The van der Waals surface area contributed by atoms with Crippen molar-refractivity contribution in [2.24, 2.45) is 5.92 Å². The normalized spacial score (nSPS) is 26.0. The lowest BCUT2D eigenvalue weighted by molar-refractivity contribution is 0.0922. The highest BCUT2D eigenvalue weighted by Crippen LogP contribution is 2.34. The number of rotatable bonds is 4. The summed E-state index contributed by atoms with van der Waals surface area (Å²) in [6.45, 7) is 4.44. The third-order valence-corrected chi connectivity index (χ3v) is 5.05. The molecule has 2 aromatic rings. The van der Waals surface area contributed by atoms with Gasteiger partial charge in [0.25, 0.3) is 0 Å². The fourth-order valence-electron chi connectivity index (χ4n) is 2.39. The summed E-state index contributed by atoms with van der Waals surface area (Å²) in [5, 5.41) is 4.23. The van der Waals surface area contributed by atoms with Crippen molar-refractivity contribution in [2.75, 3.05) is 0 Å². The molecular formula is C16H20N2OS. The van der Waals surface area contributed by atoms with Gasteiger partial charge < -0.3 is 4.74 Å². The minimum Gasteiger partial charge on any atom is -0.364 e. The van der Waals surface area contributed by atoms with Gasteiger partial charge in [0.05, 0.1) is 11.8 Å². The van der Waals surface area contributed by atoms with Gasteiger partial charge in [-0.3, -0.25) is 0 Å². The molecule has 0 radical (unpaired) electrons. The maximum absolute atomic E-state index is 5.93. The summed E-state index contributed by atoms with van der Waals surface area (Å²) in [4.78, 5) is 0. The Morgan fingerprint density at radius 3 is 2.70 bits per heavy atom. The van der Waals surface area contributed by atoms with Crippen molar-refractivity contribution in [2.45, 2.75) is 37.6 Å². The second-order valence-corrected chi connectivity index (χ2v) is 6.56. The van der Waals surface area contributed by atoms with Gasteiger partial charge in [-0.05, 0) is 43.0 Å². The molecule has 0 amide bonds. The number of thioether (sulfide) groups is 1. The van der Waals surface area contributed by atoms with E-state index < -0.39 is 0 Å². The Morgan fingerprint density at radius 1 is 1.30 bits per heavy atom. The van der Waals surface area contributed by atoms with E-state index in [9.17, 15) is 0 Å². The molecule has 2 heterocycles. The molecule has 1 aliphatic heterocycles. The van der Waals surface area contributed by atoms with Crippen LogP contribution in [-0.2, 0) is 10.5 Å². The number of hydrogen-bond acceptors (Lipinski definition) is 3. The van der Waals surface area contributed by atoms with Crippen LogP contribution < -0.4 is 0 Å². The quantitative estimate of drug-likeness (QED) is 0.854. The average molecular weight is 288 g/mol. The molecule has 3 rings (SSSR count). The van der Waals surface area contributed by atoms with Gasteiger partial charge in [0, 0.05) is 18.1 Å². The van der Waals surface area contributed by atoms with E-state index >= 15 is 0 Å². The molecule has 0 bridgehead atoms. The van der Waals surface area contributed by atoms with E-state index in [-0.39, 0.29) is 0 Å². The van der Waals surface area contributed by atoms with Gasteiger partial charge in [0.2, 0.25) is 0 Å². The molecule has 4 heteroatoms. The van der Waals surface area contributed by atoms with Gasteiger partial charge in [-0.2, -0.15) is 5.10 Å². The fraction of sp³-hybridized carbons (Fsp3) is 0.438. The predicted molar refractivity (Wildman–Crippen MR) is 83.0 cm³/mol. The highest BCUT2D eigenvalue weighted by Gasteiger charge is 2.28. The van der Waals surface area contributed by atoms with Gasteiger partial charge >= 0.3 is 0 Å². The number of nitrogens with zero attached hydrogens (tertiary/aromatic N) is 2. The molecule has 1 saturated heterocycles. The average Bonchev–Trinajstić information content (AvgIpc) is 3.08. The third-order valence-electron chi connectivity index (χ3n) is 3.87. The molecule has 0 spiro atoms. The highest BCUT2D eigenvalue weighted by molar-refractivity contribution is 7.99. The van der Waals surface area contributed by atoms with E-state index in [1.54, 1.807) is 6.20 Å². The van der Waals surface area contributed by atoms with E-state index in [2.05, 4.69) is 43.2 Å². The van der Waals surface area contributed by atoms with E-state index in [4.69, 9.17) is 4.74 Å². The molecule has 1 aromatic carbocycles. The van der Waals surface area contributed by atoms with Crippen LogP contribution in [0.2, 0.25) is 0 Å². The van der Waals surface area contributed by atoms with Crippen molar-refractivity contribution in [3.63, 3.8) is 0 Å². The van der Waals surface area contributed by atoms with E-state index in [1.807, 2.05) is 28.7 Å². The fourth-order valence-corrected chi connectivity index (χ4v) is 3.65. The SMILES string of the molecule is C[C@@H]1CC(SCc2ccc(-n3cccn3)cc2)O[C@H]1C. The Bertz CT molecular complexity index is 528. The first kappa shape index (κ1) is 13.7. The predicted octanol–water partition coefficient (Wildman–Crippen LogP) is 3.88. The zero-order valence-electron chi connectivity index (χ0n) is 11.9. The summed E-state index contributed by atoms with van der Waals surface area (Å²) in [5.74, 6) is 1.68. The van der Waals surface area contributed by atoms with Gasteiger partial charge in [-0.15, -0.1) is 11.8 Å². The maximum atomic E-state index is 5.93. The Balaban J connectivity index is 1.56. The molecular weight excluding hydrogens is 268 g/mol. The van der Waals surface area contributed by atoms with Crippen LogP contribution in [-0.4, -0.2) is 21.3 Å². The Kier molecular flexibility index (Phi) is 4.13. The molecule has 1 fully saturated rings. The number of benzene rings is 1.